The quantitative estimate of drug-likeness (QED) is 0.603. The minimum absolute atomic E-state index is 0.663. The van der Waals surface area contributed by atoms with Crippen molar-refractivity contribution in [1.82, 2.24) is 0 Å². The zero-order valence-electron chi connectivity index (χ0n) is 6.71. The highest BCUT2D eigenvalue weighted by Gasteiger charge is 2.21. The van der Waals surface area contributed by atoms with Crippen molar-refractivity contribution in [2.24, 2.45) is 0 Å². The molecule has 58 valence electrons. The van der Waals surface area contributed by atoms with Crippen molar-refractivity contribution in [2.45, 2.75) is 25.0 Å². The van der Waals surface area contributed by atoms with Crippen molar-refractivity contribution in [3.05, 3.63) is 34.8 Å². The molecule has 1 heteroatoms. The Bertz CT molecular complexity index is 246. The molecule has 0 bridgehead atoms. The monoisotopic (exact) mass is 164 g/mol. The highest BCUT2D eigenvalue weighted by molar-refractivity contribution is 8.04. The van der Waals surface area contributed by atoms with Crippen LogP contribution in [0.15, 0.2) is 34.8 Å². The van der Waals surface area contributed by atoms with Crippen LogP contribution in [-0.2, 0) is 0 Å². The number of fused-ring (bicyclic) bond motifs is 1. The molecule has 1 heterocycles. The van der Waals surface area contributed by atoms with Crippen molar-refractivity contribution in [2.75, 3.05) is 0 Å². The normalized spacial score (nSPS) is 26.8. The van der Waals surface area contributed by atoms with E-state index in [0.717, 1.165) is 0 Å². The van der Waals surface area contributed by atoms with Gasteiger partial charge in [0.1, 0.15) is 0 Å². The van der Waals surface area contributed by atoms with Gasteiger partial charge in [0.2, 0.25) is 0 Å². The van der Waals surface area contributed by atoms with E-state index in [4.69, 9.17) is 0 Å². The number of thioether (sulfide) groups is 1. The first-order valence-corrected chi connectivity index (χ1v) is 5.03. The molecule has 1 aliphatic heterocycles. The van der Waals surface area contributed by atoms with Crippen LogP contribution in [0.25, 0.3) is 0 Å². The largest absolute Gasteiger partial charge is 0.118 e. The Balaban J connectivity index is 2.09. The second-order valence-corrected chi connectivity index (χ2v) is 4.22. The van der Waals surface area contributed by atoms with Crippen molar-refractivity contribution in [1.29, 1.82) is 0 Å². The van der Waals surface area contributed by atoms with Gasteiger partial charge in [-0.2, -0.15) is 0 Å². The van der Waals surface area contributed by atoms with E-state index in [1.165, 1.54) is 18.4 Å². The molecule has 0 saturated heterocycles. The van der Waals surface area contributed by atoms with Gasteiger partial charge in [-0.05, 0) is 23.0 Å². The van der Waals surface area contributed by atoms with Gasteiger partial charge in [0, 0.05) is 0 Å². The van der Waals surface area contributed by atoms with E-state index in [9.17, 15) is 0 Å². The molecule has 0 aromatic rings. The van der Waals surface area contributed by atoms with E-state index in [2.05, 4.69) is 31.2 Å². The second-order valence-electron chi connectivity index (χ2n) is 2.95. The maximum Gasteiger partial charge on any atom is 0.0524 e. The van der Waals surface area contributed by atoms with Gasteiger partial charge in [0.05, 0.1) is 5.25 Å². The highest BCUT2D eigenvalue weighted by atomic mass is 32.2. The molecule has 0 aromatic carbocycles. The summed E-state index contributed by atoms with van der Waals surface area (Å²) in [5.74, 6) is 0. The van der Waals surface area contributed by atoms with Gasteiger partial charge < -0.3 is 0 Å². The fraction of sp³-hybridized carbons (Fsp3) is 0.400. The lowest BCUT2D eigenvalue weighted by molar-refractivity contribution is 0.949. The van der Waals surface area contributed by atoms with Crippen LogP contribution in [-0.4, -0.2) is 5.25 Å². The Kier molecular flexibility index (Phi) is 1.91. The molecule has 0 saturated carbocycles. The summed E-state index contributed by atoms with van der Waals surface area (Å²) in [6.45, 7) is 2.24. The molecule has 1 unspecified atom stereocenters. The van der Waals surface area contributed by atoms with Crippen LogP contribution < -0.4 is 0 Å². The summed E-state index contributed by atoms with van der Waals surface area (Å²) in [6, 6.07) is 0. The zero-order chi connectivity index (χ0) is 7.68. The lowest BCUT2D eigenvalue weighted by Gasteiger charge is -2.00. The molecule has 0 fully saturated rings. The molecule has 0 aromatic heterocycles. The predicted molar refractivity (Wildman–Crippen MR) is 51.6 cm³/mol. The second kappa shape index (κ2) is 2.90. The fourth-order valence-electron chi connectivity index (χ4n) is 1.47. The number of hydrogen-bond donors (Lipinski definition) is 0. The number of allylic oxidation sites excluding steroid dienone is 4. The van der Waals surface area contributed by atoms with E-state index < -0.39 is 0 Å². The van der Waals surface area contributed by atoms with Gasteiger partial charge in [-0.1, -0.05) is 31.6 Å². The third-order valence-corrected chi connectivity index (χ3v) is 3.31. The number of rotatable bonds is 2. The third kappa shape index (κ3) is 1.30. The van der Waals surface area contributed by atoms with E-state index in [1.54, 1.807) is 4.91 Å². The molecule has 0 N–H and O–H groups in total. The van der Waals surface area contributed by atoms with Crippen LogP contribution in [0, 0.1) is 0 Å². The van der Waals surface area contributed by atoms with Crippen LogP contribution in [0.2, 0.25) is 0 Å². The van der Waals surface area contributed by atoms with Gasteiger partial charge in [0.15, 0.2) is 0 Å². The number of hydrogen-bond acceptors (Lipinski definition) is 1. The standard InChI is InChI=1S/C10H12S/c1-2-4-9-7-8-5-3-6-10(8)11-9/h3,5-7,10H,2,4H2,1H3. The minimum atomic E-state index is 0.663. The van der Waals surface area contributed by atoms with Crippen LogP contribution in [0.4, 0.5) is 0 Å². The molecule has 2 aliphatic rings. The fourth-order valence-corrected chi connectivity index (χ4v) is 2.78. The van der Waals surface area contributed by atoms with Gasteiger partial charge in [-0.3, -0.25) is 0 Å². The smallest absolute Gasteiger partial charge is 0.0524 e. The van der Waals surface area contributed by atoms with Crippen LogP contribution in [0.5, 0.6) is 0 Å². The van der Waals surface area contributed by atoms with Gasteiger partial charge in [-0.15, -0.1) is 11.8 Å². The summed E-state index contributed by atoms with van der Waals surface area (Å²) in [5, 5.41) is 0.663. The van der Waals surface area contributed by atoms with Crippen molar-refractivity contribution in [3.8, 4) is 0 Å². The first-order valence-electron chi connectivity index (χ1n) is 4.16. The molecule has 1 atom stereocenters. The molecule has 11 heavy (non-hydrogen) atoms. The first-order chi connectivity index (χ1) is 5.40. The Morgan fingerprint density at radius 1 is 1.55 bits per heavy atom. The van der Waals surface area contributed by atoms with Gasteiger partial charge in [0.25, 0.3) is 0 Å². The lowest BCUT2D eigenvalue weighted by atomic mass is 10.2. The molecule has 0 radical (unpaired) electrons. The molecule has 1 aliphatic carbocycles. The average molecular weight is 164 g/mol. The molecule has 0 nitrogen and oxygen atoms in total. The Morgan fingerprint density at radius 2 is 2.45 bits per heavy atom. The highest BCUT2D eigenvalue weighted by Crippen LogP contribution is 2.41. The lowest BCUT2D eigenvalue weighted by Crippen LogP contribution is -1.89. The minimum Gasteiger partial charge on any atom is -0.118 e. The average Bonchev–Trinajstić information content (AvgIpc) is 2.46. The van der Waals surface area contributed by atoms with E-state index in [1.807, 2.05) is 11.8 Å². The Morgan fingerprint density at radius 3 is 3.18 bits per heavy atom. The summed E-state index contributed by atoms with van der Waals surface area (Å²) < 4.78 is 0. The van der Waals surface area contributed by atoms with Crippen LogP contribution >= 0.6 is 11.8 Å². The maximum atomic E-state index is 2.35. The molecule has 2 rings (SSSR count). The van der Waals surface area contributed by atoms with Crippen molar-refractivity contribution >= 4 is 11.8 Å². The molecular formula is C10H12S. The van der Waals surface area contributed by atoms with E-state index in [0.29, 0.717) is 5.25 Å². The van der Waals surface area contributed by atoms with E-state index >= 15 is 0 Å². The van der Waals surface area contributed by atoms with E-state index in [-0.39, 0.29) is 0 Å². The maximum absolute atomic E-state index is 2.35. The predicted octanol–water partition coefficient (Wildman–Crippen LogP) is 3.28. The molecule has 0 amide bonds. The Hall–Kier alpha value is -0.430. The molecule has 0 spiro atoms. The van der Waals surface area contributed by atoms with Gasteiger partial charge >= 0.3 is 0 Å². The summed E-state index contributed by atoms with van der Waals surface area (Å²) in [4.78, 5) is 1.56. The Labute approximate surface area is 72.1 Å². The summed E-state index contributed by atoms with van der Waals surface area (Å²) in [6.07, 6.45) is 11.5. The van der Waals surface area contributed by atoms with Gasteiger partial charge in [-0.25, -0.2) is 0 Å². The first kappa shape index (κ1) is 7.23. The summed E-state index contributed by atoms with van der Waals surface area (Å²) >= 11 is 2.01. The molecular weight excluding hydrogens is 152 g/mol. The van der Waals surface area contributed by atoms with Crippen molar-refractivity contribution < 1.29 is 0 Å². The third-order valence-electron chi connectivity index (χ3n) is 2.01. The summed E-state index contributed by atoms with van der Waals surface area (Å²) in [7, 11) is 0. The van der Waals surface area contributed by atoms with Crippen molar-refractivity contribution in [3.63, 3.8) is 0 Å². The SMILES string of the molecule is CCCC1=CC2=CC=CC2S1. The summed E-state index contributed by atoms with van der Waals surface area (Å²) in [5.41, 5.74) is 1.50. The topological polar surface area (TPSA) is 0 Å². The zero-order valence-corrected chi connectivity index (χ0v) is 7.53. The van der Waals surface area contributed by atoms with Crippen LogP contribution in [0.1, 0.15) is 19.8 Å². The van der Waals surface area contributed by atoms with Crippen LogP contribution in [0.3, 0.4) is 0 Å².